The van der Waals surface area contributed by atoms with E-state index in [1.165, 1.54) is 0 Å². The minimum absolute atomic E-state index is 0.214. The summed E-state index contributed by atoms with van der Waals surface area (Å²) in [5.74, 6) is -0.214. The zero-order chi connectivity index (χ0) is 13.8. The maximum Gasteiger partial charge on any atom is 0.255 e. The number of nitrogens with two attached hydrogens (primary N) is 1. The summed E-state index contributed by atoms with van der Waals surface area (Å²) in [4.78, 5) is 12.3. The number of anilines is 1. The molecule has 19 heavy (non-hydrogen) atoms. The summed E-state index contributed by atoms with van der Waals surface area (Å²) in [7, 11) is 0. The van der Waals surface area contributed by atoms with Crippen LogP contribution >= 0.6 is 12.2 Å². The molecule has 5 nitrogen and oxygen atoms in total. The van der Waals surface area contributed by atoms with Crippen LogP contribution in [0, 0.1) is 0 Å². The molecular weight excluding hydrogens is 260 g/mol. The van der Waals surface area contributed by atoms with Crippen molar-refractivity contribution in [1.82, 2.24) is 9.78 Å². The number of thiocarbonyl (C=S) groups is 1. The number of nitrogens with one attached hydrogen (secondary N) is 1. The molecule has 0 saturated carbocycles. The number of hydrogen-bond acceptors (Lipinski definition) is 3. The standard InChI is InChI=1S/C13H14N4OS/c1-2-17-8-11(7-15-17)16-13(18)10-5-3-4-9(6-10)12(14)19/h3-8H,2H2,1H3,(H2,14,19)(H,16,18). The maximum atomic E-state index is 12.1. The minimum atomic E-state index is -0.214. The number of carbonyl (C=O) groups is 1. The molecule has 0 unspecified atom stereocenters. The average molecular weight is 274 g/mol. The Kier molecular flexibility index (Phi) is 3.91. The Hall–Kier alpha value is -2.21. The highest BCUT2D eigenvalue weighted by Crippen LogP contribution is 2.10. The molecule has 2 aromatic rings. The van der Waals surface area contributed by atoms with Crippen molar-refractivity contribution in [3.05, 3.63) is 47.8 Å². The quantitative estimate of drug-likeness (QED) is 0.834. The number of hydrogen-bond donors (Lipinski definition) is 2. The fourth-order valence-electron chi connectivity index (χ4n) is 1.62. The smallest absolute Gasteiger partial charge is 0.255 e. The number of aryl methyl sites for hydroxylation is 1. The van der Waals surface area contributed by atoms with Crippen LogP contribution in [0.3, 0.4) is 0 Å². The number of aromatic nitrogens is 2. The second-order valence-electron chi connectivity index (χ2n) is 3.98. The van der Waals surface area contributed by atoms with Crippen LogP contribution < -0.4 is 11.1 Å². The monoisotopic (exact) mass is 274 g/mol. The molecule has 2 rings (SSSR count). The second kappa shape index (κ2) is 5.62. The summed E-state index contributed by atoms with van der Waals surface area (Å²) in [5, 5.41) is 6.86. The van der Waals surface area contributed by atoms with Gasteiger partial charge in [0.05, 0.1) is 11.9 Å². The lowest BCUT2D eigenvalue weighted by molar-refractivity contribution is 0.102. The number of rotatable bonds is 4. The summed E-state index contributed by atoms with van der Waals surface area (Å²) < 4.78 is 1.74. The first-order valence-electron chi connectivity index (χ1n) is 5.84. The van der Waals surface area contributed by atoms with Gasteiger partial charge < -0.3 is 11.1 Å². The number of amides is 1. The highest BCUT2D eigenvalue weighted by Gasteiger charge is 2.08. The Balaban J connectivity index is 2.15. The van der Waals surface area contributed by atoms with Crippen LogP contribution in [0.2, 0.25) is 0 Å². The molecule has 0 fully saturated rings. The van der Waals surface area contributed by atoms with E-state index in [1.807, 2.05) is 6.92 Å². The molecule has 0 aliphatic rings. The minimum Gasteiger partial charge on any atom is -0.389 e. The molecule has 0 radical (unpaired) electrons. The normalized spacial score (nSPS) is 10.2. The summed E-state index contributed by atoms with van der Waals surface area (Å²) in [6, 6.07) is 6.90. The third-order valence-corrected chi connectivity index (χ3v) is 2.86. The van der Waals surface area contributed by atoms with Gasteiger partial charge in [-0.2, -0.15) is 5.10 Å². The van der Waals surface area contributed by atoms with Gasteiger partial charge >= 0.3 is 0 Å². The molecule has 1 aromatic heterocycles. The van der Waals surface area contributed by atoms with Gasteiger partial charge in [0.25, 0.3) is 5.91 Å². The van der Waals surface area contributed by atoms with E-state index in [1.54, 1.807) is 41.3 Å². The molecule has 0 atom stereocenters. The van der Waals surface area contributed by atoms with Crippen molar-refractivity contribution in [1.29, 1.82) is 0 Å². The summed E-state index contributed by atoms with van der Waals surface area (Å²) in [5.41, 5.74) is 7.38. The largest absolute Gasteiger partial charge is 0.389 e. The zero-order valence-electron chi connectivity index (χ0n) is 10.5. The highest BCUT2D eigenvalue weighted by atomic mass is 32.1. The van der Waals surface area contributed by atoms with Crippen molar-refractivity contribution >= 4 is 28.8 Å². The molecule has 0 saturated heterocycles. The maximum absolute atomic E-state index is 12.1. The van der Waals surface area contributed by atoms with Crippen LogP contribution in [0.5, 0.6) is 0 Å². The van der Waals surface area contributed by atoms with Crippen molar-refractivity contribution in [2.24, 2.45) is 5.73 Å². The molecule has 0 bridgehead atoms. The van der Waals surface area contributed by atoms with Gasteiger partial charge in [0.1, 0.15) is 4.99 Å². The Morgan fingerprint density at radius 1 is 1.47 bits per heavy atom. The van der Waals surface area contributed by atoms with Crippen LogP contribution in [-0.2, 0) is 6.54 Å². The number of carbonyl (C=O) groups excluding carboxylic acids is 1. The average Bonchev–Trinajstić information content (AvgIpc) is 2.86. The van der Waals surface area contributed by atoms with E-state index in [0.29, 0.717) is 16.8 Å². The van der Waals surface area contributed by atoms with Crippen LogP contribution in [-0.4, -0.2) is 20.7 Å². The lowest BCUT2D eigenvalue weighted by atomic mass is 10.1. The van der Waals surface area contributed by atoms with Crippen LogP contribution in [0.25, 0.3) is 0 Å². The molecule has 0 spiro atoms. The van der Waals surface area contributed by atoms with E-state index < -0.39 is 0 Å². The van der Waals surface area contributed by atoms with Crippen molar-refractivity contribution in [2.45, 2.75) is 13.5 Å². The Morgan fingerprint density at radius 2 is 2.21 bits per heavy atom. The van der Waals surface area contributed by atoms with Crippen molar-refractivity contribution in [3.63, 3.8) is 0 Å². The van der Waals surface area contributed by atoms with E-state index in [-0.39, 0.29) is 10.9 Å². The van der Waals surface area contributed by atoms with E-state index >= 15 is 0 Å². The third-order valence-electron chi connectivity index (χ3n) is 2.62. The van der Waals surface area contributed by atoms with Crippen LogP contribution in [0.15, 0.2) is 36.7 Å². The molecular formula is C13H14N4OS. The van der Waals surface area contributed by atoms with Gasteiger partial charge in [0, 0.05) is 23.9 Å². The topological polar surface area (TPSA) is 72.9 Å². The SMILES string of the molecule is CCn1cc(NC(=O)c2cccc(C(N)=S)c2)cn1. The van der Waals surface area contributed by atoms with Crippen LogP contribution in [0.4, 0.5) is 5.69 Å². The fourth-order valence-corrected chi connectivity index (χ4v) is 1.74. The van der Waals surface area contributed by atoms with E-state index in [0.717, 1.165) is 6.54 Å². The molecule has 98 valence electrons. The first-order valence-corrected chi connectivity index (χ1v) is 6.24. The van der Waals surface area contributed by atoms with Crippen molar-refractivity contribution in [2.75, 3.05) is 5.32 Å². The molecule has 0 aliphatic heterocycles. The highest BCUT2D eigenvalue weighted by molar-refractivity contribution is 7.80. The van der Waals surface area contributed by atoms with Gasteiger partial charge in [-0.15, -0.1) is 0 Å². The van der Waals surface area contributed by atoms with Gasteiger partial charge in [0.2, 0.25) is 0 Å². The first-order chi connectivity index (χ1) is 9.10. The number of benzene rings is 1. The first kappa shape index (κ1) is 13.2. The summed E-state index contributed by atoms with van der Waals surface area (Å²) in [6.07, 6.45) is 3.38. The molecule has 3 N–H and O–H groups in total. The van der Waals surface area contributed by atoms with E-state index in [9.17, 15) is 4.79 Å². The van der Waals surface area contributed by atoms with Crippen LogP contribution in [0.1, 0.15) is 22.8 Å². The van der Waals surface area contributed by atoms with Gasteiger partial charge in [-0.05, 0) is 19.1 Å². The summed E-state index contributed by atoms with van der Waals surface area (Å²) in [6.45, 7) is 2.73. The molecule has 1 amide bonds. The summed E-state index contributed by atoms with van der Waals surface area (Å²) >= 11 is 4.89. The van der Waals surface area contributed by atoms with E-state index in [2.05, 4.69) is 10.4 Å². The Morgan fingerprint density at radius 3 is 2.84 bits per heavy atom. The molecule has 0 aliphatic carbocycles. The zero-order valence-corrected chi connectivity index (χ0v) is 11.3. The van der Waals surface area contributed by atoms with Gasteiger partial charge in [0.15, 0.2) is 0 Å². The fraction of sp³-hybridized carbons (Fsp3) is 0.154. The lowest BCUT2D eigenvalue weighted by Crippen LogP contribution is -2.14. The van der Waals surface area contributed by atoms with E-state index in [4.69, 9.17) is 18.0 Å². The molecule has 1 aromatic carbocycles. The van der Waals surface area contributed by atoms with Gasteiger partial charge in [-0.25, -0.2) is 0 Å². The predicted octanol–water partition coefficient (Wildman–Crippen LogP) is 1.79. The third kappa shape index (κ3) is 3.17. The number of nitrogens with zero attached hydrogens (tertiary/aromatic N) is 2. The van der Waals surface area contributed by atoms with Crippen molar-refractivity contribution < 1.29 is 4.79 Å². The van der Waals surface area contributed by atoms with Gasteiger partial charge in [-0.1, -0.05) is 24.4 Å². The van der Waals surface area contributed by atoms with Gasteiger partial charge in [-0.3, -0.25) is 9.48 Å². The lowest BCUT2D eigenvalue weighted by Gasteiger charge is -2.04. The second-order valence-corrected chi connectivity index (χ2v) is 4.42. The Labute approximate surface area is 116 Å². The predicted molar refractivity (Wildman–Crippen MR) is 78.2 cm³/mol. The Bertz CT molecular complexity index is 621. The van der Waals surface area contributed by atoms with Crippen molar-refractivity contribution in [3.8, 4) is 0 Å². The molecule has 1 heterocycles. The molecule has 6 heteroatoms.